The fourth-order valence-corrected chi connectivity index (χ4v) is 1.51. The fraction of sp³-hybridized carbons (Fsp3) is 0.250. The molecule has 1 aromatic carbocycles. The predicted octanol–water partition coefficient (Wildman–Crippen LogP) is 2.20. The lowest BCUT2D eigenvalue weighted by molar-refractivity contribution is -0.137. The molecule has 1 N–H and O–H groups in total. The van der Waals surface area contributed by atoms with Crippen molar-refractivity contribution in [2.24, 2.45) is 0 Å². The SMILES string of the molecule is Cc1ccc(F)cc1-c1noc(CCC(=O)O)n1. The number of benzene rings is 1. The van der Waals surface area contributed by atoms with Gasteiger partial charge >= 0.3 is 5.97 Å². The van der Waals surface area contributed by atoms with E-state index in [0.29, 0.717) is 5.56 Å². The second-order valence-electron chi connectivity index (χ2n) is 3.86. The summed E-state index contributed by atoms with van der Waals surface area (Å²) in [6.45, 7) is 1.81. The molecule has 0 bridgehead atoms. The Labute approximate surface area is 102 Å². The van der Waals surface area contributed by atoms with Crippen molar-refractivity contribution < 1.29 is 18.8 Å². The topological polar surface area (TPSA) is 76.2 Å². The van der Waals surface area contributed by atoms with Crippen LogP contribution in [-0.4, -0.2) is 21.2 Å². The third-order valence-electron chi connectivity index (χ3n) is 2.46. The Balaban J connectivity index is 2.23. The number of aryl methyl sites for hydroxylation is 2. The van der Waals surface area contributed by atoms with Crippen LogP contribution in [0.1, 0.15) is 17.9 Å². The molecule has 0 aliphatic carbocycles. The number of nitrogens with zero attached hydrogens (tertiary/aromatic N) is 2. The Morgan fingerprint density at radius 1 is 1.50 bits per heavy atom. The first-order chi connectivity index (χ1) is 8.56. The summed E-state index contributed by atoms with van der Waals surface area (Å²) in [4.78, 5) is 14.5. The molecule has 0 unspecified atom stereocenters. The van der Waals surface area contributed by atoms with Gasteiger partial charge in [0.05, 0.1) is 6.42 Å². The number of aromatic nitrogens is 2. The van der Waals surface area contributed by atoms with Crippen molar-refractivity contribution in [3.63, 3.8) is 0 Å². The first-order valence-electron chi connectivity index (χ1n) is 5.37. The van der Waals surface area contributed by atoms with E-state index in [-0.39, 0.29) is 30.4 Å². The molecule has 0 saturated carbocycles. The van der Waals surface area contributed by atoms with E-state index in [2.05, 4.69) is 10.1 Å². The minimum Gasteiger partial charge on any atom is -0.481 e. The predicted molar refractivity (Wildman–Crippen MR) is 60.4 cm³/mol. The first kappa shape index (κ1) is 12.2. The number of carboxylic acids is 1. The molecule has 0 saturated heterocycles. The van der Waals surface area contributed by atoms with Crippen LogP contribution in [0.4, 0.5) is 4.39 Å². The van der Waals surface area contributed by atoms with Gasteiger partial charge in [-0.05, 0) is 24.6 Å². The molecule has 0 radical (unpaired) electrons. The molecule has 0 amide bonds. The van der Waals surface area contributed by atoms with Gasteiger partial charge in [0.15, 0.2) is 0 Å². The van der Waals surface area contributed by atoms with Crippen molar-refractivity contribution in [3.8, 4) is 11.4 Å². The van der Waals surface area contributed by atoms with Crippen LogP contribution >= 0.6 is 0 Å². The van der Waals surface area contributed by atoms with Gasteiger partial charge in [-0.1, -0.05) is 11.2 Å². The Morgan fingerprint density at radius 2 is 2.28 bits per heavy atom. The van der Waals surface area contributed by atoms with Gasteiger partial charge in [-0.25, -0.2) is 4.39 Å². The van der Waals surface area contributed by atoms with Gasteiger partial charge in [-0.15, -0.1) is 0 Å². The third-order valence-corrected chi connectivity index (χ3v) is 2.46. The van der Waals surface area contributed by atoms with Crippen LogP contribution < -0.4 is 0 Å². The van der Waals surface area contributed by atoms with Crippen LogP contribution in [0.2, 0.25) is 0 Å². The molecule has 1 aromatic heterocycles. The van der Waals surface area contributed by atoms with E-state index in [1.807, 2.05) is 6.92 Å². The quantitative estimate of drug-likeness (QED) is 0.900. The summed E-state index contributed by atoms with van der Waals surface area (Å²) < 4.78 is 18.0. The molecule has 6 heteroatoms. The summed E-state index contributed by atoms with van der Waals surface area (Å²) in [5.74, 6) is -0.812. The summed E-state index contributed by atoms with van der Waals surface area (Å²) in [5, 5.41) is 12.3. The summed E-state index contributed by atoms with van der Waals surface area (Å²) in [7, 11) is 0. The molecule has 0 aliphatic heterocycles. The van der Waals surface area contributed by atoms with Gasteiger partial charge < -0.3 is 9.63 Å². The van der Waals surface area contributed by atoms with Crippen LogP contribution in [0.25, 0.3) is 11.4 Å². The second kappa shape index (κ2) is 4.95. The number of hydrogen-bond acceptors (Lipinski definition) is 4. The van der Waals surface area contributed by atoms with Gasteiger partial charge in [0.25, 0.3) is 0 Å². The maximum Gasteiger partial charge on any atom is 0.303 e. The van der Waals surface area contributed by atoms with Crippen LogP contribution in [0, 0.1) is 12.7 Å². The van der Waals surface area contributed by atoms with Crippen molar-refractivity contribution in [2.75, 3.05) is 0 Å². The molecular weight excluding hydrogens is 239 g/mol. The van der Waals surface area contributed by atoms with E-state index in [1.54, 1.807) is 6.07 Å². The Bertz CT molecular complexity index is 580. The highest BCUT2D eigenvalue weighted by Gasteiger charge is 2.12. The van der Waals surface area contributed by atoms with Crippen LogP contribution in [0.15, 0.2) is 22.7 Å². The highest BCUT2D eigenvalue weighted by molar-refractivity contribution is 5.67. The molecule has 18 heavy (non-hydrogen) atoms. The molecule has 5 nitrogen and oxygen atoms in total. The van der Waals surface area contributed by atoms with Crippen LogP contribution in [0.3, 0.4) is 0 Å². The number of carboxylic acid groups (broad SMARTS) is 1. The molecule has 2 rings (SSSR count). The third kappa shape index (κ3) is 2.71. The summed E-state index contributed by atoms with van der Waals surface area (Å²) in [6, 6.07) is 4.30. The van der Waals surface area contributed by atoms with E-state index in [9.17, 15) is 9.18 Å². The van der Waals surface area contributed by atoms with Crippen molar-refractivity contribution in [1.82, 2.24) is 10.1 Å². The highest BCUT2D eigenvalue weighted by Crippen LogP contribution is 2.21. The van der Waals surface area contributed by atoms with Gasteiger partial charge in [-0.3, -0.25) is 4.79 Å². The maximum atomic E-state index is 13.1. The number of carbonyl (C=O) groups is 1. The second-order valence-corrected chi connectivity index (χ2v) is 3.86. The molecule has 1 heterocycles. The monoisotopic (exact) mass is 250 g/mol. The fourth-order valence-electron chi connectivity index (χ4n) is 1.51. The zero-order chi connectivity index (χ0) is 13.1. The number of halogens is 1. The zero-order valence-corrected chi connectivity index (χ0v) is 9.68. The summed E-state index contributed by atoms with van der Waals surface area (Å²) in [6.07, 6.45) is 0.0838. The molecule has 94 valence electrons. The summed E-state index contributed by atoms with van der Waals surface area (Å²) in [5.41, 5.74) is 1.36. The largest absolute Gasteiger partial charge is 0.481 e. The lowest BCUT2D eigenvalue weighted by Crippen LogP contribution is -1.97. The summed E-state index contributed by atoms with van der Waals surface area (Å²) >= 11 is 0. The number of aliphatic carboxylic acids is 1. The Kier molecular flexibility index (Phi) is 3.36. The lowest BCUT2D eigenvalue weighted by Gasteiger charge is -1.99. The lowest BCUT2D eigenvalue weighted by atomic mass is 10.1. The van der Waals surface area contributed by atoms with E-state index in [4.69, 9.17) is 9.63 Å². The van der Waals surface area contributed by atoms with Crippen LogP contribution in [0.5, 0.6) is 0 Å². The van der Waals surface area contributed by atoms with Crippen molar-refractivity contribution in [3.05, 3.63) is 35.5 Å². The van der Waals surface area contributed by atoms with E-state index >= 15 is 0 Å². The van der Waals surface area contributed by atoms with Crippen LogP contribution in [-0.2, 0) is 11.2 Å². The smallest absolute Gasteiger partial charge is 0.303 e. The number of hydrogen-bond donors (Lipinski definition) is 1. The van der Waals surface area contributed by atoms with Gasteiger partial charge in [0.2, 0.25) is 11.7 Å². The van der Waals surface area contributed by atoms with E-state index < -0.39 is 5.97 Å². The minimum atomic E-state index is -0.934. The normalized spacial score (nSPS) is 10.6. The molecular formula is C12H11FN2O3. The van der Waals surface area contributed by atoms with E-state index in [1.165, 1.54) is 12.1 Å². The average molecular weight is 250 g/mol. The van der Waals surface area contributed by atoms with Gasteiger partial charge in [-0.2, -0.15) is 4.98 Å². The maximum absolute atomic E-state index is 13.1. The number of rotatable bonds is 4. The molecule has 0 atom stereocenters. The van der Waals surface area contributed by atoms with Crippen molar-refractivity contribution in [1.29, 1.82) is 0 Å². The van der Waals surface area contributed by atoms with Crippen molar-refractivity contribution >= 4 is 5.97 Å². The molecule has 0 spiro atoms. The zero-order valence-electron chi connectivity index (χ0n) is 9.68. The molecule has 0 fully saturated rings. The van der Waals surface area contributed by atoms with Gasteiger partial charge in [0, 0.05) is 12.0 Å². The minimum absolute atomic E-state index is 0.0796. The first-order valence-corrected chi connectivity index (χ1v) is 5.37. The molecule has 0 aliphatic rings. The average Bonchev–Trinajstić information content (AvgIpc) is 2.78. The van der Waals surface area contributed by atoms with Crippen molar-refractivity contribution in [2.45, 2.75) is 19.8 Å². The Morgan fingerprint density at radius 3 is 3.00 bits per heavy atom. The highest BCUT2D eigenvalue weighted by atomic mass is 19.1. The molecule has 2 aromatic rings. The standard InChI is InChI=1S/C12H11FN2O3/c1-7-2-3-8(13)6-9(7)12-14-10(18-15-12)4-5-11(16)17/h2-3,6H,4-5H2,1H3,(H,16,17). The Hall–Kier alpha value is -2.24. The van der Waals surface area contributed by atoms with E-state index in [0.717, 1.165) is 5.56 Å². The van der Waals surface area contributed by atoms with Gasteiger partial charge in [0.1, 0.15) is 5.82 Å².